The fourth-order valence-corrected chi connectivity index (χ4v) is 5.02. The van der Waals surface area contributed by atoms with Crippen LogP contribution in [-0.4, -0.2) is 46.1 Å². The minimum absolute atomic E-state index is 0.0730. The number of piperidine rings is 1. The molecule has 7 heteroatoms. The Balaban J connectivity index is 1.91. The first-order valence-electron chi connectivity index (χ1n) is 8.84. The molecule has 1 atom stereocenters. The van der Waals surface area contributed by atoms with Crippen LogP contribution in [0.2, 0.25) is 0 Å². The lowest BCUT2D eigenvalue weighted by Crippen LogP contribution is -2.42. The van der Waals surface area contributed by atoms with Crippen molar-refractivity contribution in [1.82, 2.24) is 4.31 Å². The van der Waals surface area contributed by atoms with Crippen LogP contribution in [0.5, 0.6) is 5.75 Å². The first kappa shape index (κ1) is 19.8. The second-order valence-corrected chi connectivity index (χ2v) is 8.63. The summed E-state index contributed by atoms with van der Waals surface area (Å²) < 4.78 is 51.7. The van der Waals surface area contributed by atoms with E-state index in [1.54, 1.807) is 37.4 Å². The number of halogens is 1. The van der Waals surface area contributed by atoms with Crippen molar-refractivity contribution >= 4 is 10.0 Å². The maximum Gasteiger partial charge on any atom is 0.243 e. The van der Waals surface area contributed by atoms with Crippen LogP contribution in [0.3, 0.4) is 0 Å². The zero-order valence-electron chi connectivity index (χ0n) is 15.7. The molecule has 0 aliphatic carbocycles. The molecule has 3 rings (SSSR count). The lowest BCUT2D eigenvalue weighted by Gasteiger charge is -2.31. The van der Waals surface area contributed by atoms with Gasteiger partial charge in [-0.2, -0.15) is 4.31 Å². The van der Waals surface area contributed by atoms with E-state index in [1.807, 2.05) is 6.92 Å². The van der Waals surface area contributed by atoms with E-state index in [9.17, 15) is 12.8 Å². The van der Waals surface area contributed by atoms with Gasteiger partial charge in [0.05, 0.1) is 18.1 Å². The number of aryl methyl sites for hydroxylation is 1. The van der Waals surface area contributed by atoms with Gasteiger partial charge < -0.3 is 9.47 Å². The molecule has 27 heavy (non-hydrogen) atoms. The van der Waals surface area contributed by atoms with Gasteiger partial charge in [-0.3, -0.25) is 0 Å². The predicted molar refractivity (Wildman–Crippen MR) is 102 cm³/mol. The molecule has 0 N–H and O–H groups in total. The summed E-state index contributed by atoms with van der Waals surface area (Å²) in [6, 6.07) is 9.66. The van der Waals surface area contributed by atoms with Gasteiger partial charge in [-0.1, -0.05) is 12.1 Å². The molecule has 1 heterocycles. The number of sulfonamides is 1. The normalized spacial score (nSPS) is 18.4. The Hall–Kier alpha value is -1.96. The standard InChI is InChI=1S/C20H24FNO4S/c1-14-11-17(27(23,24)22-10-4-5-16(13-22)25-2)7-8-18(14)15-6-9-20(26-3)19(21)12-15/h6-9,11-12,16H,4-5,10,13H2,1-3H3. The quantitative estimate of drug-likeness (QED) is 0.779. The first-order chi connectivity index (χ1) is 12.9. The molecule has 0 aromatic heterocycles. The second-order valence-electron chi connectivity index (χ2n) is 6.69. The van der Waals surface area contributed by atoms with Crippen molar-refractivity contribution in [3.63, 3.8) is 0 Å². The molecule has 2 aromatic rings. The zero-order valence-corrected chi connectivity index (χ0v) is 16.6. The van der Waals surface area contributed by atoms with Crippen molar-refractivity contribution < 1.29 is 22.3 Å². The number of methoxy groups -OCH3 is 2. The van der Waals surface area contributed by atoms with E-state index in [0.29, 0.717) is 18.7 Å². The van der Waals surface area contributed by atoms with Gasteiger partial charge in [0.2, 0.25) is 10.0 Å². The highest BCUT2D eigenvalue weighted by atomic mass is 32.2. The van der Waals surface area contributed by atoms with Crippen LogP contribution in [-0.2, 0) is 14.8 Å². The van der Waals surface area contributed by atoms with Gasteiger partial charge >= 0.3 is 0 Å². The Morgan fingerprint density at radius 1 is 1.15 bits per heavy atom. The van der Waals surface area contributed by atoms with Gasteiger partial charge in [0.15, 0.2) is 11.6 Å². The number of hydrogen-bond acceptors (Lipinski definition) is 4. The molecule has 5 nitrogen and oxygen atoms in total. The molecule has 1 aliphatic heterocycles. The topological polar surface area (TPSA) is 55.8 Å². The van der Waals surface area contributed by atoms with Gasteiger partial charge in [0.25, 0.3) is 0 Å². The number of nitrogens with zero attached hydrogens (tertiary/aromatic N) is 1. The maximum atomic E-state index is 14.0. The SMILES string of the molecule is COc1ccc(-c2ccc(S(=O)(=O)N3CCCC(OC)C3)cc2C)cc1F. The monoisotopic (exact) mass is 393 g/mol. The van der Waals surface area contributed by atoms with Crippen molar-refractivity contribution in [2.45, 2.75) is 30.8 Å². The van der Waals surface area contributed by atoms with Crippen LogP contribution in [0.25, 0.3) is 11.1 Å². The smallest absolute Gasteiger partial charge is 0.243 e. The fourth-order valence-electron chi connectivity index (χ4n) is 3.42. The fraction of sp³-hybridized carbons (Fsp3) is 0.400. The van der Waals surface area contributed by atoms with E-state index in [4.69, 9.17) is 9.47 Å². The molecule has 0 saturated carbocycles. The van der Waals surface area contributed by atoms with E-state index in [2.05, 4.69) is 0 Å². The largest absolute Gasteiger partial charge is 0.494 e. The number of ether oxygens (including phenoxy) is 2. The molecule has 1 aliphatic rings. The van der Waals surface area contributed by atoms with Crippen LogP contribution < -0.4 is 4.74 Å². The van der Waals surface area contributed by atoms with Gasteiger partial charge in [0, 0.05) is 20.2 Å². The molecule has 0 bridgehead atoms. The lowest BCUT2D eigenvalue weighted by molar-refractivity contribution is 0.0572. The summed E-state index contributed by atoms with van der Waals surface area (Å²) in [7, 11) is -0.567. The van der Waals surface area contributed by atoms with Gasteiger partial charge in [0.1, 0.15) is 0 Å². The van der Waals surface area contributed by atoms with Gasteiger partial charge in [-0.25, -0.2) is 12.8 Å². The molecule has 2 aromatic carbocycles. The molecule has 0 radical (unpaired) electrons. The van der Waals surface area contributed by atoms with Gasteiger partial charge in [-0.05, 0) is 60.7 Å². The summed E-state index contributed by atoms with van der Waals surface area (Å²) in [5.74, 6) is -0.279. The Kier molecular flexibility index (Phi) is 5.83. The Morgan fingerprint density at radius 3 is 2.56 bits per heavy atom. The number of hydrogen-bond donors (Lipinski definition) is 0. The van der Waals surface area contributed by atoms with E-state index < -0.39 is 15.8 Å². The van der Waals surface area contributed by atoms with Crippen molar-refractivity contribution in [3.05, 3.63) is 47.8 Å². The van der Waals surface area contributed by atoms with Crippen LogP contribution in [0.15, 0.2) is 41.3 Å². The molecule has 1 saturated heterocycles. The average Bonchev–Trinajstić information content (AvgIpc) is 2.67. The Bertz CT molecular complexity index is 930. The summed E-state index contributed by atoms with van der Waals surface area (Å²) in [6.45, 7) is 2.68. The van der Waals surface area contributed by atoms with Crippen LogP contribution >= 0.6 is 0 Å². The Morgan fingerprint density at radius 2 is 1.93 bits per heavy atom. The third-order valence-electron chi connectivity index (χ3n) is 4.97. The summed E-state index contributed by atoms with van der Waals surface area (Å²) in [5.41, 5.74) is 2.22. The van der Waals surface area contributed by atoms with Crippen LogP contribution in [0.4, 0.5) is 4.39 Å². The zero-order chi connectivity index (χ0) is 19.6. The van der Waals surface area contributed by atoms with Crippen LogP contribution in [0.1, 0.15) is 18.4 Å². The minimum atomic E-state index is -3.59. The molecular weight excluding hydrogens is 369 g/mol. The highest BCUT2D eigenvalue weighted by Crippen LogP contribution is 2.30. The maximum absolute atomic E-state index is 14.0. The third-order valence-corrected chi connectivity index (χ3v) is 6.83. The van der Waals surface area contributed by atoms with Crippen molar-refractivity contribution in [2.24, 2.45) is 0 Å². The third kappa shape index (κ3) is 4.00. The molecular formula is C20H24FNO4S. The molecule has 146 valence electrons. The number of benzene rings is 2. The summed E-state index contributed by atoms with van der Waals surface area (Å²) in [4.78, 5) is 0.245. The second kappa shape index (κ2) is 7.96. The summed E-state index contributed by atoms with van der Waals surface area (Å²) >= 11 is 0. The minimum Gasteiger partial charge on any atom is -0.494 e. The van der Waals surface area contributed by atoms with Crippen molar-refractivity contribution in [1.29, 1.82) is 0 Å². The first-order valence-corrected chi connectivity index (χ1v) is 10.3. The van der Waals surface area contributed by atoms with Crippen molar-refractivity contribution in [2.75, 3.05) is 27.3 Å². The summed E-state index contributed by atoms with van der Waals surface area (Å²) in [5, 5.41) is 0. The molecule has 0 spiro atoms. The Labute approximate surface area is 159 Å². The molecule has 1 fully saturated rings. The van der Waals surface area contributed by atoms with Gasteiger partial charge in [-0.15, -0.1) is 0 Å². The van der Waals surface area contributed by atoms with E-state index in [0.717, 1.165) is 24.0 Å². The van der Waals surface area contributed by atoms with Crippen molar-refractivity contribution in [3.8, 4) is 16.9 Å². The molecule has 1 unspecified atom stereocenters. The van der Waals surface area contributed by atoms with Crippen LogP contribution in [0, 0.1) is 12.7 Å². The highest BCUT2D eigenvalue weighted by Gasteiger charge is 2.30. The summed E-state index contributed by atoms with van der Waals surface area (Å²) in [6.07, 6.45) is 1.57. The van der Waals surface area contributed by atoms with E-state index >= 15 is 0 Å². The number of rotatable bonds is 5. The highest BCUT2D eigenvalue weighted by molar-refractivity contribution is 7.89. The predicted octanol–water partition coefficient (Wildman–Crippen LogP) is 3.61. The van der Waals surface area contributed by atoms with E-state index in [-0.39, 0.29) is 16.7 Å². The average molecular weight is 393 g/mol. The lowest BCUT2D eigenvalue weighted by atomic mass is 10.0. The molecule has 0 amide bonds. The van der Waals surface area contributed by atoms with E-state index in [1.165, 1.54) is 17.5 Å².